The molecule has 1 unspecified atom stereocenters. The summed E-state index contributed by atoms with van der Waals surface area (Å²) in [6.07, 6.45) is 6.24. The fraction of sp³-hybridized carbons (Fsp3) is 0.707. The highest BCUT2D eigenvalue weighted by Gasteiger charge is 2.60. The Bertz CT molecular complexity index is 1480. The highest BCUT2D eigenvalue weighted by molar-refractivity contribution is 6.24. The molecule has 2 N–H and O–H groups in total. The van der Waals surface area contributed by atoms with Gasteiger partial charge in [0, 0.05) is 30.6 Å². The van der Waals surface area contributed by atoms with E-state index in [1.54, 1.807) is 19.9 Å². The summed E-state index contributed by atoms with van der Waals surface area (Å²) in [5, 5.41) is 23.8. The minimum absolute atomic E-state index is 0.00521. The molecule has 0 amide bonds. The van der Waals surface area contributed by atoms with Gasteiger partial charge in [0.1, 0.15) is 11.4 Å². The van der Waals surface area contributed by atoms with Gasteiger partial charge in [-0.1, -0.05) is 48.3 Å². The van der Waals surface area contributed by atoms with Gasteiger partial charge in [0.15, 0.2) is 11.6 Å². The van der Waals surface area contributed by atoms with Crippen LogP contribution in [0.25, 0.3) is 0 Å². The van der Waals surface area contributed by atoms with Gasteiger partial charge in [-0.25, -0.2) is 0 Å². The first kappa shape index (κ1) is 40.4. The van der Waals surface area contributed by atoms with Crippen LogP contribution >= 0.6 is 11.6 Å². The Hall–Kier alpha value is -2.39. The number of fused-ring (bicyclic) bond motifs is 5. The molecule has 1 fully saturated rings. The number of allylic oxidation sites excluding steroid dienone is 7. The predicted octanol–water partition coefficient (Wildman–Crippen LogP) is 7.33. The maximum atomic E-state index is 14.7. The van der Waals surface area contributed by atoms with Gasteiger partial charge in [0.05, 0.1) is 35.7 Å². The summed E-state index contributed by atoms with van der Waals surface area (Å²) >= 11 is 6.96. The zero-order valence-electron chi connectivity index (χ0n) is 31.6. The van der Waals surface area contributed by atoms with Crippen molar-refractivity contribution < 1.29 is 38.9 Å². The van der Waals surface area contributed by atoms with Crippen molar-refractivity contribution in [2.45, 2.75) is 148 Å². The number of hydrogen-bond acceptors (Lipinski definition) is 8. The molecule has 278 valence electrons. The molecule has 9 heteroatoms. The number of hydrogen-bond donors (Lipinski definition) is 2. The summed E-state index contributed by atoms with van der Waals surface area (Å²) in [5.41, 5.74) is 0.532. The van der Waals surface area contributed by atoms with Crippen LogP contribution in [0.1, 0.15) is 120 Å². The molecule has 2 bridgehead atoms. The molecule has 0 aromatic carbocycles. The number of carbonyl (C=O) groups is 4. The van der Waals surface area contributed by atoms with E-state index in [-0.39, 0.29) is 49.0 Å². The predicted molar refractivity (Wildman–Crippen MR) is 194 cm³/mol. The Morgan fingerprint density at radius 2 is 1.68 bits per heavy atom. The Labute approximate surface area is 303 Å². The summed E-state index contributed by atoms with van der Waals surface area (Å²) in [4.78, 5) is 56.5. The number of aliphatic hydroxyl groups excluding tert-OH is 1. The largest absolute Gasteiger partial charge is 0.469 e. The molecule has 0 aromatic rings. The molecule has 2 heterocycles. The molecular formula is C41H59ClO8. The van der Waals surface area contributed by atoms with Crippen LogP contribution in [0.4, 0.5) is 0 Å². The van der Waals surface area contributed by atoms with E-state index in [2.05, 4.69) is 0 Å². The molecule has 8 nitrogen and oxygen atoms in total. The van der Waals surface area contributed by atoms with Crippen molar-refractivity contribution in [2.24, 2.45) is 29.1 Å². The number of ketones is 3. The van der Waals surface area contributed by atoms with Crippen LogP contribution in [0, 0.1) is 29.1 Å². The number of esters is 1. The highest BCUT2D eigenvalue weighted by atomic mass is 35.5. The second-order valence-corrected chi connectivity index (χ2v) is 17.3. The Morgan fingerprint density at radius 3 is 2.32 bits per heavy atom. The quantitative estimate of drug-likeness (QED) is 0.173. The van der Waals surface area contributed by atoms with E-state index in [1.807, 2.05) is 53.7 Å². The maximum Gasteiger partial charge on any atom is 0.313 e. The number of ether oxygens (including phenoxy) is 2. The topological polar surface area (TPSA) is 127 Å². The summed E-state index contributed by atoms with van der Waals surface area (Å²) < 4.78 is 12.0. The lowest BCUT2D eigenvalue weighted by Crippen LogP contribution is -2.58. The van der Waals surface area contributed by atoms with Crippen molar-refractivity contribution in [2.75, 3.05) is 7.11 Å². The van der Waals surface area contributed by atoms with E-state index in [0.717, 1.165) is 16.7 Å². The van der Waals surface area contributed by atoms with E-state index < -0.39 is 57.9 Å². The zero-order chi connectivity index (χ0) is 37.3. The first-order chi connectivity index (χ1) is 23.3. The van der Waals surface area contributed by atoms with E-state index >= 15 is 0 Å². The molecule has 0 radical (unpaired) electrons. The monoisotopic (exact) mass is 714 g/mol. The second kappa shape index (κ2) is 15.7. The fourth-order valence-electron chi connectivity index (χ4n) is 8.77. The molecule has 4 rings (SSSR count). The van der Waals surface area contributed by atoms with Gasteiger partial charge < -0.3 is 19.7 Å². The van der Waals surface area contributed by atoms with Crippen LogP contribution in [-0.2, 0) is 28.7 Å². The molecule has 2 aliphatic carbocycles. The number of alkyl halides is 1. The molecular weight excluding hydrogens is 656 g/mol. The molecule has 1 saturated heterocycles. The van der Waals surface area contributed by atoms with Crippen LogP contribution in [0.15, 0.2) is 46.1 Å². The SMILES string of the molecule is COC(=O)[C@@]12CC(=O)C(C(C)C)CC(=O)/C(C)=C/CC/C(C)=C/C(=O)[C@@H]1CC(C)=C1C[C@@H](O)[C@@](C)(O)[C@@H]3CC[C@@](C)(Cl)[C@@H](CC/C(C)=C/[C@H]12)O3. The molecule has 0 spiro atoms. The number of Topliss-reactive ketones (excluding diaryl/α,β-unsaturated/α-hetero) is 2. The summed E-state index contributed by atoms with van der Waals surface area (Å²) in [6.45, 7) is 14.8. The van der Waals surface area contributed by atoms with Gasteiger partial charge in [-0.3, -0.25) is 19.2 Å². The number of rotatable bonds is 2. The van der Waals surface area contributed by atoms with Gasteiger partial charge in [0.25, 0.3) is 0 Å². The van der Waals surface area contributed by atoms with Crippen LogP contribution in [0.3, 0.4) is 0 Å². The van der Waals surface area contributed by atoms with Gasteiger partial charge in [0.2, 0.25) is 0 Å². The lowest BCUT2D eigenvalue weighted by Gasteiger charge is -2.50. The molecule has 50 heavy (non-hydrogen) atoms. The molecule has 2 aliphatic heterocycles. The van der Waals surface area contributed by atoms with Gasteiger partial charge >= 0.3 is 5.97 Å². The lowest BCUT2D eigenvalue weighted by atomic mass is 9.53. The summed E-state index contributed by atoms with van der Waals surface area (Å²) in [5.74, 6) is -3.93. The maximum absolute atomic E-state index is 14.7. The van der Waals surface area contributed by atoms with Crippen LogP contribution in [0.5, 0.6) is 0 Å². The standard InChI is InChI=1S/C41H59ClO8/c1-23(2)28-20-32(43)26(5)12-10-11-24(3)18-33(44)31-19-27(6)29-21-35(46)40(8,48)37-15-16-39(7,42)36(50-37)14-13-25(4)17-30(29)41(31,22-34(28)45)38(47)49-9/h12,17-18,23,28,30-31,35-37,46,48H,10-11,13-16,19-22H2,1-9H3/b24-18+,25-17+,26-12+/t28?,30-,31+,35-,36-,37+,39-,40-,41-/m1/s1. The summed E-state index contributed by atoms with van der Waals surface area (Å²) in [7, 11) is 1.28. The van der Waals surface area contributed by atoms with Crippen LogP contribution < -0.4 is 0 Å². The molecule has 4 aliphatic rings. The van der Waals surface area contributed by atoms with Gasteiger partial charge in [-0.05, 0) is 110 Å². The van der Waals surface area contributed by atoms with Gasteiger partial charge in [-0.15, -0.1) is 11.6 Å². The summed E-state index contributed by atoms with van der Waals surface area (Å²) in [6, 6.07) is 0. The smallest absolute Gasteiger partial charge is 0.313 e. The van der Waals surface area contributed by atoms with E-state index in [1.165, 1.54) is 7.11 Å². The van der Waals surface area contributed by atoms with E-state index in [0.29, 0.717) is 49.7 Å². The van der Waals surface area contributed by atoms with Crippen LogP contribution in [0.2, 0.25) is 0 Å². The molecule has 9 atom stereocenters. The minimum atomic E-state index is -1.66. The van der Waals surface area contributed by atoms with Crippen molar-refractivity contribution in [1.82, 2.24) is 0 Å². The Morgan fingerprint density at radius 1 is 1.00 bits per heavy atom. The third-order valence-corrected chi connectivity index (χ3v) is 12.7. The van der Waals surface area contributed by atoms with E-state index in [4.69, 9.17) is 21.1 Å². The Kier molecular flexibility index (Phi) is 12.7. The lowest BCUT2D eigenvalue weighted by molar-refractivity contribution is -0.196. The molecule has 0 aromatic heterocycles. The van der Waals surface area contributed by atoms with Crippen molar-refractivity contribution >= 4 is 34.9 Å². The van der Waals surface area contributed by atoms with Crippen molar-refractivity contribution in [3.8, 4) is 0 Å². The Balaban J connectivity index is 2.00. The third kappa shape index (κ3) is 8.14. The number of halogens is 1. The first-order valence-corrected chi connectivity index (χ1v) is 18.8. The second-order valence-electron chi connectivity index (χ2n) is 16.4. The first-order valence-electron chi connectivity index (χ1n) is 18.4. The number of methoxy groups -OCH3 is 1. The number of aliphatic hydroxyl groups is 2. The van der Waals surface area contributed by atoms with Crippen molar-refractivity contribution in [1.29, 1.82) is 0 Å². The van der Waals surface area contributed by atoms with Crippen molar-refractivity contribution in [3.63, 3.8) is 0 Å². The normalized spacial score (nSPS) is 41.5. The minimum Gasteiger partial charge on any atom is -0.469 e. The van der Waals surface area contributed by atoms with Gasteiger partial charge in [-0.2, -0.15) is 0 Å². The highest BCUT2D eigenvalue weighted by Crippen LogP contribution is 2.55. The fourth-order valence-corrected chi connectivity index (χ4v) is 9.04. The average Bonchev–Trinajstić information content (AvgIpc) is 3.03. The average molecular weight is 715 g/mol. The zero-order valence-corrected chi connectivity index (χ0v) is 32.3. The number of carbonyl (C=O) groups excluding carboxylic acids is 4. The molecule has 0 saturated carbocycles. The third-order valence-electron chi connectivity index (χ3n) is 12.3. The van der Waals surface area contributed by atoms with E-state index in [9.17, 15) is 29.4 Å². The van der Waals surface area contributed by atoms with Crippen molar-refractivity contribution in [3.05, 3.63) is 46.1 Å². The van der Waals surface area contributed by atoms with Crippen LogP contribution in [-0.4, -0.2) is 69.4 Å².